The second-order valence-electron chi connectivity index (χ2n) is 8.38. The van der Waals surface area contributed by atoms with E-state index < -0.39 is 26.4 Å². The van der Waals surface area contributed by atoms with E-state index >= 15 is 0 Å². The predicted octanol–water partition coefficient (Wildman–Crippen LogP) is 2.97. The van der Waals surface area contributed by atoms with E-state index in [2.05, 4.69) is 6.58 Å². The zero-order valence-corrected chi connectivity index (χ0v) is 30.3. The van der Waals surface area contributed by atoms with Crippen LogP contribution in [0.25, 0.3) is 0 Å². The molecule has 0 bridgehead atoms. The highest BCUT2D eigenvalue weighted by Crippen LogP contribution is 2.18. The maximum absolute atomic E-state index is 11.1. The summed E-state index contributed by atoms with van der Waals surface area (Å²) in [5.41, 5.74) is 11.2. The summed E-state index contributed by atoms with van der Waals surface area (Å²) in [7, 11) is 2.24. The van der Waals surface area contributed by atoms with Gasteiger partial charge in [0.2, 0.25) is 0 Å². The van der Waals surface area contributed by atoms with E-state index in [4.69, 9.17) is 56.0 Å². The lowest BCUT2D eigenvalue weighted by atomic mass is 10.4. The molecule has 0 aliphatic carbocycles. The minimum absolute atomic E-state index is 0.316. The molecule has 0 amide bonds. The summed E-state index contributed by atoms with van der Waals surface area (Å²) in [6.07, 6.45) is 2.41. The number of hydrogen-bond donors (Lipinski definition) is 2. The summed E-state index contributed by atoms with van der Waals surface area (Å²) in [5.74, 6) is -0.375. The van der Waals surface area contributed by atoms with Crippen molar-refractivity contribution < 1.29 is 49.4 Å². The molecule has 4 N–H and O–H groups in total. The third kappa shape index (κ3) is 20.9. The second kappa shape index (κ2) is 28.2. The van der Waals surface area contributed by atoms with Crippen LogP contribution in [0.15, 0.2) is 12.2 Å². The average molecular weight is 649 g/mol. The lowest BCUT2D eigenvalue weighted by molar-refractivity contribution is -0.139. The first-order chi connectivity index (χ1) is 19.5. The quantitative estimate of drug-likeness (QED) is 0.0721. The number of carbonyl (C=O) groups is 1. The Morgan fingerprint density at radius 1 is 0.610 bits per heavy atom. The Balaban J connectivity index is -0.000000538. The Morgan fingerprint density at radius 3 is 1.20 bits per heavy atom. The number of ether oxygens (including phenoxy) is 1. The fraction of sp³-hybridized carbons (Fsp3) is 0.880. The van der Waals surface area contributed by atoms with Gasteiger partial charge in [0, 0.05) is 86.2 Å². The van der Waals surface area contributed by atoms with Crippen molar-refractivity contribution in [3.05, 3.63) is 12.2 Å². The molecule has 0 saturated heterocycles. The number of carbonyl (C=O) groups excluding carboxylic acids is 1. The van der Waals surface area contributed by atoms with Crippen LogP contribution < -0.4 is 11.5 Å². The monoisotopic (exact) mass is 648 g/mol. The molecule has 248 valence electrons. The molecule has 16 heteroatoms. The molecule has 0 spiro atoms. The van der Waals surface area contributed by atoms with Crippen LogP contribution in [-0.4, -0.2) is 115 Å². The minimum atomic E-state index is -2.53. The molecule has 41 heavy (non-hydrogen) atoms. The molecule has 0 unspecified atom stereocenters. The normalized spacial score (nSPS) is 11.7. The standard InChI is InChI=1S/C10H20O5Si.C9H23NO3Si.C6H17NO3Si/c1-9(2)10(11)15-7-6-8-16(12-3,13-4)14-5;1-4-11-14(12-5-2,13-6-3)9-7-8-10;1-8-11(9-2,10-3)6-4-5-7/h1,6-8H2,2-5H3;4-10H2,1-3H3;4-7H2,1-3H3. The van der Waals surface area contributed by atoms with Crippen molar-refractivity contribution >= 4 is 32.4 Å². The molecule has 0 aliphatic rings. The van der Waals surface area contributed by atoms with E-state index in [-0.39, 0.29) is 5.97 Å². The molecule has 0 radical (unpaired) electrons. The summed E-state index contributed by atoms with van der Waals surface area (Å²) in [6, 6.07) is 2.21. The van der Waals surface area contributed by atoms with Gasteiger partial charge in [0.05, 0.1) is 6.61 Å². The van der Waals surface area contributed by atoms with Crippen molar-refractivity contribution in [3.63, 3.8) is 0 Å². The molecular formula is C25H60N2O11Si3. The van der Waals surface area contributed by atoms with Gasteiger partial charge < -0.3 is 56.0 Å². The van der Waals surface area contributed by atoms with E-state index in [9.17, 15) is 4.79 Å². The third-order valence-corrected chi connectivity index (χ3v) is 14.4. The van der Waals surface area contributed by atoms with E-state index in [1.54, 1.807) is 49.6 Å². The van der Waals surface area contributed by atoms with Gasteiger partial charge in [0.15, 0.2) is 0 Å². The lowest BCUT2D eigenvalue weighted by Crippen LogP contribution is -2.46. The van der Waals surface area contributed by atoms with Crippen molar-refractivity contribution in [2.45, 2.75) is 65.1 Å². The Kier molecular flexibility index (Phi) is 30.9. The summed E-state index contributed by atoms with van der Waals surface area (Å²) < 4.78 is 53.1. The maximum Gasteiger partial charge on any atom is 0.500 e. The van der Waals surface area contributed by atoms with Gasteiger partial charge in [-0.25, -0.2) is 4.79 Å². The van der Waals surface area contributed by atoms with E-state index in [0.717, 1.165) is 24.9 Å². The first kappa shape index (κ1) is 44.9. The first-order valence-corrected chi connectivity index (χ1v) is 19.7. The van der Waals surface area contributed by atoms with E-state index in [0.29, 0.717) is 57.6 Å². The van der Waals surface area contributed by atoms with Crippen molar-refractivity contribution in [2.75, 3.05) is 82.2 Å². The molecule has 0 aromatic rings. The van der Waals surface area contributed by atoms with Gasteiger partial charge in [-0.15, -0.1) is 0 Å². The summed E-state index contributed by atoms with van der Waals surface area (Å²) >= 11 is 0. The zero-order chi connectivity index (χ0) is 32.2. The Morgan fingerprint density at radius 2 is 0.927 bits per heavy atom. The highest BCUT2D eigenvalue weighted by atomic mass is 28.4. The third-order valence-electron chi connectivity index (χ3n) is 5.54. The van der Waals surface area contributed by atoms with Crippen molar-refractivity contribution in [1.82, 2.24) is 0 Å². The van der Waals surface area contributed by atoms with Crippen LogP contribution in [0, 0.1) is 0 Å². The predicted molar refractivity (Wildman–Crippen MR) is 166 cm³/mol. The molecule has 0 atom stereocenters. The summed E-state index contributed by atoms with van der Waals surface area (Å²) in [5, 5.41) is 0. The maximum atomic E-state index is 11.1. The van der Waals surface area contributed by atoms with Crippen molar-refractivity contribution in [2.24, 2.45) is 11.5 Å². The number of rotatable bonds is 23. The summed E-state index contributed by atoms with van der Waals surface area (Å²) in [4.78, 5) is 11.1. The molecule has 0 aliphatic heterocycles. The fourth-order valence-corrected chi connectivity index (χ4v) is 9.41. The number of esters is 1. The van der Waals surface area contributed by atoms with Gasteiger partial charge in [-0.05, 0) is 60.0 Å². The number of nitrogens with two attached hydrogens (primary N) is 2. The van der Waals surface area contributed by atoms with Crippen LogP contribution in [0.5, 0.6) is 0 Å². The molecule has 0 aromatic carbocycles. The number of hydrogen-bond acceptors (Lipinski definition) is 13. The van der Waals surface area contributed by atoms with Crippen LogP contribution in [0.1, 0.15) is 47.0 Å². The fourth-order valence-electron chi connectivity index (χ4n) is 3.33. The minimum Gasteiger partial charge on any atom is -0.462 e. The van der Waals surface area contributed by atoms with Gasteiger partial charge in [-0.1, -0.05) is 6.58 Å². The highest BCUT2D eigenvalue weighted by molar-refractivity contribution is 6.61. The largest absolute Gasteiger partial charge is 0.500 e. The molecule has 0 saturated carbocycles. The van der Waals surface area contributed by atoms with Crippen LogP contribution in [0.3, 0.4) is 0 Å². The Hall–Kier alpha value is -0.579. The van der Waals surface area contributed by atoms with Crippen LogP contribution >= 0.6 is 0 Å². The molecule has 13 nitrogen and oxygen atoms in total. The lowest BCUT2D eigenvalue weighted by Gasteiger charge is -2.28. The Bertz CT molecular complexity index is 596. The van der Waals surface area contributed by atoms with Crippen molar-refractivity contribution in [3.8, 4) is 0 Å². The van der Waals surface area contributed by atoms with Gasteiger partial charge in [0.1, 0.15) is 0 Å². The summed E-state index contributed by atoms with van der Waals surface area (Å²) in [6.45, 7) is 14.5. The first-order valence-electron chi connectivity index (χ1n) is 14.0. The van der Waals surface area contributed by atoms with Gasteiger partial charge >= 0.3 is 32.4 Å². The highest BCUT2D eigenvalue weighted by Gasteiger charge is 2.39. The van der Waals surface area contributed by atoms with E-state index in [1.165, 1.54) is 0 Å². The average Bonchev–Trinajstić information content (AvgIpc) is 2.98. The molecule has 0 fully saturated rings. The SMILES string of the molecule is C=C(C)C(=O)OCCC[Si](OC)(OC)OC.CCO[Si](CCCN)(OCC)OCC.CO[Si](CCCN)(OC)OC. The van der Waals surface area contributed by atoms with Crippen LogP contribution in [0.4, 0.5) is 0 Å². The molecule has 0 heterocycles. The second-order valence-corrected chi connectivity index (χ2v) is 17.3. The topological polar surface area (TPSA) is 161 Å². The molecule has 0 aromatic heterocycles. The Labute approximate surface area is 252 Å². The van der Waals surface area contributed by atoms with Gasteiger partial charge in [-0.3, -0.25) is 0 Å². The zero-order valence-electron chi connectivity index (χ0n) is 27.3. The molecular weight excluding hydrogens is 589 g/mol. The van der Waals surface area contributed by atoms with Crippen LogP contribution in [-0.2, 0) is 49.4 Å². The van der Waals surface area contributed by atoms with Crippen molar-refractivity contribution in [1.29, 1.82) is 0 Å². The van der Waals surface area contributed by atoms with E-state index in [1.807, 2.05) is 20.8 Å². The molecule has 0 rings (SSSR count). The van der Waals surface area contributed by atoms with Gasteiger partial charge in [-0.2, -0.15) is 0 Å². The van der Waals surface area contributed by atoms with Gasteiger partial charge in [0.25, 0.3) is 0 Å². The smallest absolute Gasteiger partial charge is 0.462 e. The van der Waals surface area contributed by atoms with Crippen LogP contribution in [0.2, 0.25) is 18.1 Å².